The molecular weight excluding hydrogens is 268 g/mol. The molecule has 0 aliphatic rings. The van der Waals surface area contributed by atoms with E-state index >= 15 is 0 Å². The van der Waals surface area contributed by atoms with E-state index < -0.39 is 0 Å². The number of halogens is 1. The van der Waals surface area contributed by atoms with Gasteiger partial charge in [0.15, 0.2) is 0 Å². The fraction of sp³-hybridized carbons (Fsp3) is 0.636. The van der Waals surface area contributed by atoms with Crippen molar-refractivity contribution in [3.05, 3.63) is 10.8 Å². The lowest BCUT2D eigenvalue weighted by atomic mass is 9.97. The molecule has 5 heteroatoms. The van der Waals surface area contributed by atoms with Crippen LogP contribution in [0.3, 0.4) is 0 Å². The number of hydrogen-bond donors (Lipinski definition) is 2. The maximum atomic E-state index is 4.22. The van der Waals surface area contributed by atoms with Crippen LogP contribution in [0.1, 0.15) is 27.7 Å². The summed E-state index contributed by atoms with van der Waals surface area (Å²) in [6.07, 6.45) is 1.56. The monoisotopic (exact) mass is 286 g/mol. The zero-order valence-electron chi connectivity index (χ0n) is 10.3. The average Bonchev–Trinajstić information content (AvgIpc) is 2.18. The molecule has 0 amide bonds. The Morgan fingerprint density at radius 3 is 2.25 bits per heavy atom. The first-order chi connectivity index (χ1) is 7.44. The van der Waals surface area contributed by atoms with Crippen molar-refractivity contribution >= 4 is 27.6 Å². The smallest absolute Gasteiger partial charge is 0.145 e. The minimum absolute atomic E-state index is 0.225. The van der Waals surface area contributed by atoms with Crippen LogP contribution >= 0.6 is 15.9 Å². The zero-order valence-corrected chi connectivity index (χ0v) is 11.8. The fourth-order valence-corrected chi connectivity index (χ4v) is 1.62. The number of anilines is 2. The predicted octanol–water partition coefficient (Wildman–Crippen LogP) is 3.13. The summed E-state index contributed by atoms with van der Waals surface area (Å²) in [6.45, 7) is 10.3. The molecule has 0 atom stereocenters. The highest BCUT2D eigenvalue weighted by Gasteiger charge is 2.13. The molecule has 2 N–H and O–H groups in total. The molecule has 0 fully saturated rings. The second-order valence-electron chi connectivity index (χ2n) is 4.83. The molecule has 16 heavy (non-hydrogen) atoms. The molecule has 1 aromatic rings. The molecule has 1 aromatic heterocycles. The van der Waals surface area contributed by atoms with Gasteiger partial charge in [-0.2, -0.15) is 0 Å². The van der Waals surface area contributed by atoms with E-state index in [1.165, 1.54) is 0 Å². The minimum atomic E-state index is 0.225. The maximum Gasteiger partial charge on any atom is 0.145 e. The van der Waals surface area contributed by atoms with Crippen molar-refractivity contribution in [2.75, 3.05) is 23.7 Å². The van der Waals surface area contributed by atoms with Gasteiger partial charge in [0, 0.05) is 13.1 Å². The van der Waals surface area contributed by atoms with Crippen LogP contribution in [0.4, 0.5) is 11.6 Å². The van der Waals surface area contributed by atoms with Gasteiger partial charge in [-0.15, -0.1) is 0 Å². The Labute approximate surface area is 105 Å². The number of hydrogen-bond acceptors (Lipinski definition) is 4. The van der Waals surface area contributed by atoms with Crippen LogP contribution in [0.15, 0.2) is 10.8 Å². The fourth-order valence-electron chi connectivity index (χ4n) is 1.13. The second kappa shape index (κ2) is 5.48. The van der Waals surface area contributed by atoms with Crippen LogP contribution in [-0.2, 0) is 0 Å². The first kappa shape index (κ1) is 13.2. The summed E-state index contributed by atoms with van der Waals surface area (Å²) in [5, 5.41) is 6.49. The maximum absolute atomic E-state index is 4.22. The van der Waals surface area contributed by atoms with Gasteiger partial charge in [0.2, 0.25) is 0 Å². The van der Waals surface area contributed by atoms with Gasteiger partial charge in [-0.25, -0.2) is 9.97 Å². The zero-order chi connectivity index (χ0) is 12.2. The summed E-state index contributed by atoms with van der Waals surface area (Å²) in [5.74, 6) is 1.66. The van der Waals surface area contributed by atoms with E-state index in [1.54, 1.807) is 6.33 Å². The SMILES string of the molecule is CCNc1ncnc(NCC(C)(C)C)c1Br. The number of nitrogens with one attached hydrogen (secondary N) is 2. The van der Waals surface area contributed by atoms with E-state index in [1.807, 2.05) is 6.92 Å². The molecule has 0 saturated heterocycles. The van der Waals surface area contributed by atoms with Crippen molar-refractivity contribution in [1.29, 1.82) is 0 Å². The third-order valence-corrected chi connectivity index (χ3v) is 2.67. The van der Waals surface area contributed by atoms with E-state index in [9.17, 15) is 0 Å². The summed E-state index contributed by atoms with van der Waals surface area (Å²) in [5.41, 5.74) is 0.225. The second-order valence-corrected chi connectivity index (χ2v) is 5.62. The van der Waals surface area contributed by atoms with Gasteiger partial charge < -0.3 is 10.6 Å². The van der Waals surface area contributed by atoms with Gasteiger partial charge in [0.1, 0.15) is 22.4 Å². The van der Waals surface area contributed by atoms with E-state index in [4.69, 9.17) is 0 Å². The van der Waals surface area contributed by atoms with Gasteiger partial charge in [0.05, 0.1) is 0 Å². The molecular formula is C11H19BrN4. The Hall–Kier alpha value is -0.840. The molecule has 0 aromatic carbocycles. The molecule has 90 valence electrons. The van der Waals surface area contributed by atoms with E-state index in [0.29, 0.717) is 0 Å². The van der Waals surface area contributed by atoms with Crippen molar-refractivity contribution in [1.82, 2.24) is 9.97 Å². The van der Waals surface area contributed by atoms with E-state index in [2.05, 4.69) is 57.3 Å². The van der Waals surface area contributed by atoms with Gasteiger partial charge in [0.25, 0.3) is 0 Å². The van der Waals surface area contributed by atoms with E-state index in [0.717, 1.165) is 29.2 Å². The van der Waals surface area contributed by atoms with Crippen molar-refractivity contribution in [2.24, 2.45) is 5.41 Å². The minimum Gasteiger partial charge on any atom is -0.369 e. The van der Waals surface area contributed by atoms with E-state index in [-0.39, 0.29) is 5.41 Å². The van der Waals surface area contributed by atoms with Crippen LogP contribution in [0.5, 0.6) is 0 Å². The molecule has 0 aliphatic heterocycles. The summed E-state index contributed by atoms with van der Waals surface area (Å²) >= 11 is 3.50. The van der Waals surface area contributed by atoms with Crippen LogP contribution in [0.2, 0.25) is 0 Å². The quantitative estimate of drug-likeness (QED) is 0.893. The highest BCUT2D eigenvalue weighted by atomic mass is 79.9. The normalized spacial score (nSPS) is 11.3. The third-order valence-electron chi connectivity index (χ3n) is 1.92. The van der Waals surface area contributed by atoms with Gasteiger partial charge in [-0.05, 0) is 28.3 Å². The van der Waals surface area contributed by atoms with Crippen molar-refractivity contribution < 1.29 is 0 Å². The van der Waals surface area contributed by atoms with Crippen molar-refractivity contribution in [3.8, 4) is 0 Å². The van der Waals surface area contributed by atoms with Crippen LogP contribution < -0.4 is 10.6 Å². The third kappa shape index (κ3) is 3.96. The van der Waals surface area contributed by atoms with Crippen LogP contribution in [-0.4, -0.2) is 23.1 Å². The first-order valence-corrected chi connectivity index (χ1v) is 6.21. The Morgan fingerprint density at radius 1 is 1.19 bits per heavy atom. The lowest BCUT2D eigenvalue weighted by Gasteiger charge is -2.20. The average molecular weight is 287 g/mol. The first-order valence-electron chi connectivity index (χ1n) is 5.42. The topological polar surface area (TPSA) is 49.8 Å². The van der Waals surface area contributed by atoms with Crippen molar-refractivity contribution in [3.63, 3.8) is 0 Å². The largest absolute Gasteiger partial charge is 0.369 e. The van der Waals surface area contributed by atoms with Gasteiger partial charge in [-0.3, -0.25) is 0 Å². The van der Waals surface area contributed by atoms with Gasteiger partial charge in [-0.1, -0.05) is 20.8 Å². The summed E-state index contributed by atoms with van der Waals surface area (Å²) in [7, 11) is 0. The van der Waals surface area contributed by atoms with Crippen LogP contribution in [0, 0.1) is 5.41 Å². The molecule has 0 radical (unpaired) electrons. The molecule has 0 spiro atoms. The summed E-state index contributed by atoms with van der Waals surface area (Å²) in [4.78, 5) is 8.38. The molecule has 0 bridgehead atoms. The molecule has 0 saturated carbocycles. The standard InChI is InChI=1S/C11H19BrN4/c1-5-13-9-8(12)10(16-7-15-9)14-6-11(2,3)4/h7H,5-6H2,1-4H3,(H2,13,14,15,16). The lowest BCUT2D eigenvalue weighted by molar-refractivity contribution is 0.442. The molecule has 4 nitrogen and oxygen atoms in total. The molecule has 1 rings (SSSR count). The Kier molecular flexibility index (Phi) is 4.53. The predicted molar refractivity (Wildman–Crippen MR) is 71.8 cm³/mol. The van der Waals surface area contributed by atoms with Gasteiger partial charge >= 0.3 is 0 Å². The number of nitrogens with zero attached hydrogens (tertiary/aromatic N) is 2. The van der Waals surface area contributed by atoms with Crippen LogP contribution in [0.25, 0.3) is 0 Å². The number of rotatable bonds is 4. The summed E-state index contributed by atoms with van der Waals surface area (Å²) in [6, 6.07) is 0. The summed E-state index contributed by atoms with van der Waals surface area (Å²) < 4.78 is 0.890. The van der Waals surface area contributed by atoms with Crippen molar-refractivity contribution in [2.45, 2.75) is 27.7 Å². The Bertz CT molecular complexity index is 346. The lowest BCUT2D eigenvalue weighted by Crippen LogP contribution is -2.20. The molecule has 1 heterocycles. The highest BCUT2D eigenvalue weighted by molar-refractivity contribution is 9.10. The molecule has 0 unspecified atom stereocenters. The Morgan fingerprint density at radius 2 is 1.75 bits per heavy atom. The highest BCUT2D eigenvalue weighted by Crippen LogP contribution is 2.27. The molecule has 0 aliphatic carbocycles. The number of aromatic nitrogens is 2. The Balaban J connectivity index is 2.77.